The first-order valence-electron chi connectivity index (χ1n) is 11.5. The Balaban J connectivity index is 0.000000405. The molecule has 7 nitrogen and oxygen atoms in total. The van der Waals surface area contributed by atoms with Crippen molar-refractivity contribution in [3.05, 3.63) is 101 Å². The van der Waals surface area contributed by atoms with E-state index >= 15 is 0 Å². The molecular formula is C29H30N2O5S. The predicted molar refractivity (Wildman–Crippen MR) is 146 cm³/mol. The zero-order valence-electron chi connectivity index (χ0n) is 21.3. The molecule has 0 aliphatic carbocycles. The molecule has 0 fully saturated rings. The van der Waals surface area contributed by atoms with Crippen LogP contribution in [0.1, 0.15) is 22.4 Å². The standard InChI is InChI=1S/C22H22N2O4S.C7H8O/c1-15-4-6-16(7-5-15)8-13-20-19(14-21(25)26)22(24(2)23-20)17-9-11-18(12-10-17)29(3,27)28;1-8-7-5-3-2-4-6-7/h4-13H,14H2,1-3H3,(H,25,26);2-6H,1H3/b13-8-;. The van der Waals surface area contributed by atoms with E-state index < -0.39 is 15.8 Å². The average Bonchev–Trinajstić information content (AvgIpc) is 3.18. The summed E-state index contributed by atoms with van der Waals surface area (Å²) < 4.78 is 29.9. The molecule has 0 saturated heterocycles. The van der Waals surface area contributed by atoms with E-state index in [4.69, 9.17) is 4.74 Å². The maximum absolute atomic E-state index is 11.7. The van der Waals surface area contributed by atoms with Crippen LogP contribution >= 0.6 is 0 Å². The van der Waals surface area contributed by atoms with Crippen molar-refractivity contribution < 1.29 is 23.1 Å². The van der Waals surface area contributed by atoms with Crippen molar-refractivity contribution in [2.24, 2.45) is 7.05 Å². The van der Waals surface area contributed by atoms with Crippen LogP contribution in [-0.2, 0) is 28.1 Å². The molecule has 1 N–H and O–H groups in total. The third-order valence-corrected chi connectivity index (χ3v) is 6.68. The highest BCUT2D eigenvalue weighted by Crippen LogP contribution is 2.29. The molecule has 0 bridgehead atoms. The molecule has 0 amide bonds. The number of carbonyl (C=O) groups is 1. The number of para-hydroxylation sites is 1. The Labute approximate surface area is 217 Å². The van der Waals surface area contributed by atoms with Crippen LogP contribution in [-0.4, -0.2) is 42.6 Å². The van der Waals surface area contributed by atoms with Gasteiger partial charge < -0.3 is 9.84 Å². The Morgan fingerprint density at radius 1 is 0.973 bits per heavy atom. The molecule has 0 atom stereocenters. The largest absolute Gasteiger partial charge is 0.497 e. The van der Waals surface area contributed by atoms with Crippen LogP contribution in [0.15, 0.2) is 83.8 Å². The smallest absolute Gasteiger partial charge is 0.307 e. The number of aromatic nitrogens is 2. The minimum Gasteiger partial charge on any atom is -0.497 e. The summed E-state index contributed by atoms with van der Waals surface area (Å²) in [5.41, 5.74) is 4.65. The lowest BCUT2D eigenvalue weighted by Crippen LogP contribution is -2.03. The van der Waals surface area contributed by atoms with E-state index in [0.29, 0.717) is 22.5 Å². The van der Waals surface area contributed by atoms with Crippen LogP contribution in [0.4, 0.5) is 0 Å². The fourth-order valence-electron chi connectivity index (χ4n) is 3.68. The first kappa shape index (κ1) is 27.4. The van der Waals surface area contributed by atoms with Crippen molar-refractivity contribution in [2.45, 2.75) is 18.2 Å². The first-order valence-corrected chi connectivity index (χ1v) is 13.4. The van der Waals surface area contributed by atoms with Crippen LogP contribution in [0.3, 0.4) is 0 Å². The van der Waals surface area contributed by atoms with Crippen LogP contribution in [0.2, 0.25) is 0 Å². The van der Waals surface area contributed by atoms with Gasteiger partial charge in [0.25, 0.3) is 0 Å². The van der Waals surface area contributed by atoms with E-state index in [9.17, 15) is 18.3 Å². The number of benzene rings is 3. The van der Waals surface area contributed by atoms with Gasteiger partial charge in [0, 0.05) is 24.4 Å². The molecule has 1 heterocycles. The van der Waals surface area contributed by atoms with Gasteiger partial charge in [-0.15, -0.1) is 0 Å². The topological polar surface area (TPSA) is 98.5 Å². The third kappa shape index (κ3) is 7.65. The van der Waals surface area contributed by atoms with E-state index in [1.165, 1.54) is 12.1 Å². The Hall–Kier alpha value is -4.17. The normalized spacial score (nSPS) is 11.1. The maximum Gasteiger partial charge on any atom is 0.307 e. The molecule has 3 aromatic carbocycles. The second-order valence-corrected chi connectivity index (χ2v) is 10.5. The molecule has 37 heavy (non-hydrogen) atoms. The van der Waals surface area contributed by atoms with Crippen molar-refractivity contribution in [3.63, 3.8) is 0 Å². The Morgan fingerprint density at radius 2 is 1.59 bits per heavy atom. The lowest BCUT2D eigenvalue weighted by Gasteiger charge is -2.07. The van der Waals surface area contributed by atoms with Crippen molar-refractivity contribution in [1.82, 2.24) is 9.78 Å². The molecule has 192 valence electrons. The van der Waals surface area contributed by atoms with Crippen LogP contribution < -0.4 is 4.74 Å². The summed E-state index contributed by atoms with van der Waals surface area (Å²) in [7, 11) is 0.101. The van der Waals surface area contributed by atoms with Gasteiger partial charge in [-0.3, -0.25) is 9.48 Å². The van der Waals surface area contributed by atoms with Gasteiger partial charge in [-0.05, 0) is 42.8 Å². The molecule has 1 aromatic heterocycles. The van der Waals surface area contributed by atoms with Gasteiger partial charge in [-0.1, -0.05) is 66.2 Å². The monoisotopic (exact) mass is 518 g/mol. The quantitative estimate of drug-likeness (QED) is 0.357. The number of ether oxygens (including phenoxy) is 1. The van der Waals surface area contributed by atoms with Crippen molar-refractivity contribution >= 4 is 28.0 Å². The van der Waals surface area contributed by atoms with E-state index in [1.807, 2.05) is 67.6 Å². The zero-order chi connectivity index (χ0) is 27.0. The van der Waals surface area contributed by atoms with Gasteiger partial charge >= 0.3 is 5.97 Å². The predicted octanol–water partition coefficient (Wildman–Crippen LogP) is 5.29. The van der Waals surface area contributed by atoms with Crippen LogP contribution in [0, 0.1) is 6.92 Å². The number of hydrogen-bond acceptors (Lipinski definition) is 5. The summed E-state index contributed by atoms with van der Waals surface area (Å²) >= 11 is 0. The summed E-state index contributed by atoms with van der Waals surface area (Å²) in [6.45, 7) is 2.01. The highest BCUT2D eigenvalue weighted by atomic mass is 32.2. The molecule has 0 aliphatic rings. The Kier molecular flexibility index (Phi) is 9.03. The number of nitrogens with zero attached hydrogens (tertiary/aromatic N) is 2. The molecule has 4 rings (SSSR count). The minimum absolute atomic E-state index is 0.190. The van der Waals surface area contributed by atoms with Crippen LogP contribution in [0.5, 0.6) is 5.75 Å². The maximum atomic E-state index is 11.7. The number of carboxylic acids is 1. The van der Waals surface area contributed by atoms with Gasteiger partial charge in [0.2, 0.25) is 0 Å². The minimum atomic E-state index is -3.31. The summed E-state index contributed by atoms with van der Waals surface area (Å²) in [4.78, 5) is 11.7. The van der Waals surface area contributed by atoms with Crippen LogP contribution in [0.25, 0.3) is 23.4 Å². The first-order chi connectivity index (χ1) is 17.6. The highest BCUT2D eigenvalue weighted by molar-refractivity contribution is 7.90. The molecular weight excluding hydrogens is 488 g/mol. The van der Waals surface area contributed by atoms with Gasteiger partial charge in [0.15, 0.2) is 9.84 Å². The van der Waals surface area contributed by atoms with Crippen molar-refractivity contribution in [1.29, 1.82) is 0 Å². The van der Waals surface area contributed by atoms with E-state index in [1.54, 1.807) is 37.0 Å². The Morgan fingerprint density at radius 3 is 2.11 bits per heavy atom. The Bertz CT molecular complexity index is 1470. The zero-order valence-corrected chi connectivity index (χ0v) is 22.1. The summed E-state index contributed by atoms with van der Waals surface area (Å²) in [6.07, 6.45) is 4.65. The molecule has 0 saturated carbocycles. The van der Waals surface area contributed by atoms with E-state index in [0.717, 1.165) is 23.1 Å². The lowest BCUT2D eigenvalue weighted by molar-refractivity contribution is -0.136. The van der Waals surface area contributed by atoms with Crippen molar-refractivity contribution in [2.75, 3.05) is 13.4 Å². The number of rotatable bonds is 7. The number of hydrogen-bond donors (Lipinski definition) is 1. The van der Waals surface area contributed by atoms with Crippen molar-refractivity contribution in [3.8, 4) is 17.0 Å². The third-order valence-electron chi connectivity index (χ3n) is 5.55. The molecule has 8 heteroatoms. The number of aryl methyl sites for hydroxylation is 2. The second-order valence-electron chi connectivity index (χ2n) is 8.46. The van der Waals surface area contributed by atoms with Gasteiger partial charge in [-0.2, -0.15) is 5.10 Å². The molecule has 0 aliphatic heterocycles. The average molecular weight is 519 g/mol. The number of aliphatic carboxylic acids is 1. The van der Waals surface area contributed by atoms with E-state index in [-0.39, 0.29) is 11.3 Å². The number of carboxylic acid groups (broad SMARTS) is 1. The number of methoxy groups -OCH3 is 1. The fraction of sp³-hybridized carbons (Fsp3) is 0.172. The second kappa shape index (κ2) is 12.2. The molecule has 0 radical (unpaired) electrons. The SMILES string of the molecule is COc1ccccc1.Cc1ccc(/C=C\c2nn(C)c(-c3ccc(S(C)(=O)=O)cc3)c2CC(=O)O)cc1. The summed E-state index contributed by atoms with van der Waals surface area (Å²) in [5, 5.41) is 13.9. The molecule has 0 spiro atoms. The molecule has 0 unspecified atom stereocenters. The lowest BCUT2D eigenvalue weighted by atomic mass is 10.0. The number of sulfone groups is 1. The summed E-state index contributed by atoms with van der Waals surface area (Å²) in [5.74, 6) is -0.0514. The van der Waals surface area contributed by atoms with E-state index in [2.05, 4.69) is 5.10 Å². The van der Waals surface area contributed by atoms with Gasteiger partial charge in [-0.25, -0.2) is 8.42 Å². The fourth-order valence-corrected chi connectivity index (χ4v) is 4.31. The molecule has 4 aromatic rings. The van der Waals surface area contributed by atoms with Gasteiger partial charge in [0.1, 0.15) is 5.75 Å². The highest BCUT2D eigenvalue weighted by Gasteiger charge is 2.19. The van der Waals surface area contributed by atoms with Gasteiger partial charge in [0.05, 0.1) is 29.8 Å². The summed E-state index contributed by atoms with van der Waals surface area (Å²) in [6, 6.07) is 24.0.